The van der Waals surface area contributed by atoms with E-state index in [0.29, 0.717) is 0 Å². The lowest BCUT2D eigenvalue weighted by molar-refractivity contribution is 0.568. The quantitative estimate of drug-likeness (QED) is 0.842. The van der Waals surface area contributed by atoms with Crippen LogP contribution in [0.3, 0.4) is 0 Å². The van der Waals surface area contributed by atoms with Gasteiger partial charge in [0.2, 0.25) is 0 Å². The van der Waals surface area contributed by atoms with E-state index in [1.54, 1.807) is 10.9 Å². The van der Waals surface area contributed by atoms with Gasteiger partial charge in [-0.25, -0.2) is 0 Å². The summed E-state index contributed by atoms with van der Waals surface area (Å²) in [6.45, 7) is 3.00. The van der Waals surface area contributed by atoms with Crippen molar-refractivity contribution >= 4 is 0 Å². The molecule has 0 aliphatic heterocycles. The molecule has 4 nitrogen and oxygen atoms in total. The number of aryl methyl sites for hydroxylation is 1. The summed E-state index contributed by atoms with van der Waals surface area (Å²) >= 11 is 0. The van der Waals surface area contributed by atoms with Gasteiger partial charge in [-0.05, 0) is 12.1 Å². The SMILES string of the molecule is CCNC(c1ccccc1)c1cnnn1C. The highest BCUT2D eigenvalue weighted by molar-refractivity contribution is 5.26. The zero-order valence-corrected chi connectivity index (χ0v) is 9.59. The Hall–Kier alpha value is -1.68. The standard InChI is InChI=1S/C12H16N4/c1-3-13-12(10-7-5-4-6-8-10)11-9-14-15-16(11)2/h4-9,12-13H,3H2,1-2H3. The molecule has 0 saturated carbocycles. The van der Waals surface area contributed by atoms with Gasteiger partial charge in [0.25, 0.3) is 0 Å². The van der Waals surface area contributed by atoms with Crippen LogP contribution in [0.25, 0.3) is 0 Å². The van der Waals surface area contributed by atoms with Crippen molar-refractivity contribution in [1.82, 2.24) is 20.3 Å². The number of aromatic nitrogens is 3. The number of benzene rings is 1. The van der Waals surface area contributed by atoms with Crippen LogP contribution in [0.2, 0.25) is 0 Å². The van der Waals surface area contributed by atoms with E-state index in [1.165, 1.54) is 5.56 Å². The van der Waals surface area contributed by atoms with Crippen LogP contribution in [0.4, 0.5) is 0 Å². The summed E-state index contributed by atoms with van der Waals surface area (Å²) in [6.07, 6.45) is 1.81. The smallest absolute Gasteiger partial charge is 0.0798 e. The molecule has 1 aromatic heterocycles. The molecule has 84 valence electrons. The number of rotatable bonds is 4. The summed E-state index contributed by atoms with van der Waals surface area (Å²) in [5.41, 5.74) is 2.31. The average molecular weight is 216 g/mol. The van der Waals surface area contributed by atoms with Crippen molar-refractivity contribution < 1.29 is 0 Å². The van der Waals surface area contributed by atoms with E-state index in [4.69, 9.17) is 0 Å². The third kappa shape index (κ3) is 2.12. The first kappa shape index (κ1) is 10.8. The van der Waals surface area contributed by atoms with E-state index in [2.05, 4.69) is 34.7 Å². The summed E-state index contributed by atoms with van der Waals surface area (Å²) in [5, 5.41) is 11.3. The first-order chi connectivity index (χ1) is 7.83. The topological polar surface area (TPSA) is 42.7 Å². The van der Waals surface area contributed by atoms with Crippen molar-refractivity contribution in [3.63, 3.8) is 0 Å². The van der Waals surface area contributed by atoms with Crippen molar-refractivity contribution in [2.45, 2.75) is 13.0 Å². The second kappa shape index (κ2) is 4.90. The van der Waals surface area contributed by atoms with Crippen molar-refractivity contribution in [2.75, 3.05) is 6.54 Å². The number of nitrogens with one attached hydrogen (secondary N) is 1. The van der Waals surface area contributed by atoms with Crippen LogP contribution in [0, 0.1) is 0 Å². The van der Waals surface area contributed by atoms with Crippen LogP contribution in [-0.2, 0) is 7.05 Å². The summed E-state index contributed by atoms with van der Waals surface area (Å²) in [5.74, 6) is 0. The molecule has 1 heterocycles. The fourth-order valence-corrected chi connectivity index (χ4v) is 1.80. The predicted molar refractivity (Wildman–Crippen MR) is 63.0 cm³/mol. The molecular formula is C12H16N4. The van der Waals surface area contributed by atoms with E-state index >= 15 is 0 Å². The highest BCUT2D eigenvalue weighted by Gasteiger charge is 2.16. The van der Waals surface area contributed by atoms with E-state index in [1.807, 2.05) is 25.2 Å². The maximum Gasteiger partial charge on any atom is 0.0798 e. The van der Waals surface area contributed by atoms with Crippen molar-refractivity contribution in [3.8, 4) is 0 Å². The Labute approximate surface area is 95.3 Å². The molecule has 0 radical (unpaired) electrons. The third-order valence-electron chi connectivity index (χ3n) is 2.59. The van der Waals surface area contributed by atoms with Gasteiger partial charge in [0.1, 0.15) is 0 Å². The number of nitrogens with zero attached hydrogens (tertiary/aromatic N) is 3. The lowest BCUT2D eigenvalue weighted by Crippen LogP contribution is -2.24. The molecule has 1 N–H and O–H groups in total. The molecule has 0 spiro atoms. The van der Waals surface area contributed by atoms with Gasteiger partial charge >= 0.3 is 0 Å². The Morgan fingerprint density at radius 3 is 2.62 bits per heavy atom. The second-order valence-corrected chi connectivity index (χ2v) is 3.68. The molecule has 16 heavy (non-hydrogen) atoms. The van der Waals surface area contributed by atoms with Gasteiger partial charge in [0.05, 0.1) is 17.9 Å². The molecule has 1 aromatic carbocycles. The minimum Gasteiger partial charge on any atom is -0.305 e. The highest BCUT2D eigenvalue weighted by Crippen LogP contribution is 2.19. The largest absolute Gasteiger partial charge is 0.305 e. The Balaban J connectivity index is 2.35. The van der Waals surface area contributed by atoms with Crippen molar-refractivity contribution in [1.29, 1.82) is 0 Å². The molecule has 0 bridgehead atoms. The minimum atomic E-state index is 0.159. The van der Waals surface area contributed by atoms with Gasteiger partial charge < -0.3 is 5.32 Å². The molecule has 2 rings (SSSR count). The lowest BCUT2D eigenvalue weighted by Gasteiger charge is -2.17. The van der Waals surface area contributed by atoms with Crippen LogP contribution in [0.1, 0.15) is 24.2 Å². The second-order valence-electron chi connectivity index (χ2n) is 3.68. The van der Waals surface area contributed by atoms with Crippen LogP contribution >= 0.6 is 0 Å². The molecule has 0 aliphatic rings. The maximum absolute atomic E-state index is 3.97. The van der Waals surface area contributed by atoms with Gasteiger partial charge in [0, 0.05) is 7.05 Å². The van der Waals surface area contributed by atoms with Crippen molar-refractivity contribution in [3.05, 3.63) is 47.8 Å². The average Bonchev–Trinajstić information content (AvgIpc) is 2.73. The molecule has 0 fully saturated rings. The van der Waals surface area contributed by atoms with Gasteiger partial charge in [-0.15, -0.1) is 5.10 Å². The summed E-state index contributed by atoms with van der Waals surface area (Å²) in [6, 6.07) is 10.5. The molecule has 4 heteroatoms. The highest BCUT2D eigenvalue weighted by atomic mass is 15.4. The Morgan fingerprint density at radius 1 is 1.31 bits per heavy atom. The number of hydrogen-bond donors (Lipinski definition) is 1. The fraction of sp³-hybridized carbons (Fsp3) is 0.333. The van der Waals surface area contributed by atoms with E-state index in [0.717, 1.165) is 12.2 Å². The summed E-state index contributed by atoms with van der Waals surface area (Å²) in [7, 11) is 1.91. The van der Waals surface area contributed by atoms with Crippen LogP contribution in [-0.4, -0.2) is 21.5 Å². The zero-order chi connectivity index (χ0) is 11.4. The maximum atomic E-state index is 3.97. The van der Waals surface area contributed by atoms with Crippen LogP contribution in [0.5, 0.6) is 0 Å². The van der Waals surface area contributed by atoms with E-state index in [-0.39, 0.29) is 6.04 Å². The Kier molecular flexibility index (Phi) is 3.31. The van der Waals surface area contributed by atoms with Gasteiger partial charge in [0.15, 0.2) is 0 Å². The van der Waals surface area contributed by atoms with Crippen molar-refractivity contribution in [2.24, 2.45) is 7.05 Å². The molecule has 0 saturated heterocycles. The normalized spacial score (nSPS) is 12.6. The first-order valence-electron chi connectivity index (χ1n) is 5.46. The van der Waals surface area contributed by atoms with Gasteiger partial charge in [-0.1, -0.05) is 42.5 Å². The van der Waals surface area contributed by atoms with E-state index in [9.17, 15) is 0 Å². The van der Waals surface area contributed by atoms with E-state index < -0.39 is 0 Å². The molecular weight excluding hydrogens is 200 g/mol. The first-order valence-corrected chi connectivity index (χ1v) is 5.46. The monoisotopic (exact) mass is 216 g/mol. The summed E-state index contributed by atoms with van der Waals surface area (Å²) < 4.78 is 1.81. The zero-order valence-electron chi connectivity index (χ0n) is 9.59. The molecule has 1 atom stereocenters. The van der Waals surface area contributed by atoms with Gasteiger partial charge in [-0.3, -0.25) is 4.68 Å². The Morgan fingerprint density at radius 2 is 2.06 bits per heavy atom. The van der Waals surface area contributed by atoms with Crippen LogP contribution in [0.15, 0.2) is 36.5 Å². The molecule has 0 aliphatic carbocycles. The van der Waals surface area contributed by atoms with Crippen LogP contribution < -0.4 is 5.32 Å². The minimum absolute atomic E-state index is 0.159. The predicted octanol–water partition coefficient (Wildman–Crippen LogP) is 1.51. The molecule has 0 amide bonds. The molecule has 2 aromatic rings. The fourth-order valence-electron chi connectivity index (χ4n) is 1.80. The molecule has 1 unspecified atom stereocenters. The number of hydrogen-bond acceptors (Lipinski definition) is 3. The summed E-state index contributed by atoms with van der Waals surface area (Å²) in [4.78, 5) is 0. The Bertz CT molecular complexity index is 435. The lowest BCUT2D eigenvalue weighted by atomic mass is 10.0. The third-order valence-corrected chi connectivity index (χ3v) is 2.59. The van der Waals surface area contributed by atoms with Gasteiger partial charge in [-0.2, -0.15) is 0 Å².